The number of nitrogens with one attached hydrogen (secondary N) is 2. The van der Waals surface area contributed by atoms with Gasteiger partial charge >= 0.3 is 6.18 Å². The average Bonchev–Trinajstić information content (AvgIpc) is 2.35. The molecule has 0 fully saturated rings. The Bertz CT molecular complexity index is 587. The number of likely N-dealkylation sites (N-methyl/N-ethyl adjacent to an activating group) is 1. The highest BCUT2D eigenvalue weighted by molar-refractivity contribution is 7.89. The first-order chi connectivity index (χ1) is 9.58. The molecule has 1 atom stereocenters. The summed E-state index contributed by atoms with van der Waals surface area (Å²) in [6, 6.07) is 1.21. The number of halogens is 4. The van der Waals surface area contributed by atoms with E-state index >= 15 is 0 Å². The topological polar surface area (TPSA) is 58.2 Å². The lowest BCUT2D eigenvalue weighted by Crippen LogP contribution is -2.39. The summed E-state index contributed by atoms with van der Waals surface area (Å²) in [5.74, 6) is -1.15. The van der Waals surface area contributed by atoms with Crippen molar-refractivity contribution < 1.29 is 26.0 Å². The zero-order valence-corrected chi connectivity index (χ0v) is 12.3. The highest BCUT2D eigenvalue weighted by Crippen LogP contribution is 2.34. The van der Waals surface area contributed by atoms with Crippen LogP contribution in [0.2, 0.25) is 0 Å². The van der Waals surface area contributed by atoms with Crippen LogP contribution >= 0.6 is 0 Å². The summed E-state index contributed by atoms with van der Waals surface area (Å²) < 4.78 is 77.4. The van der Waals surface area contributed by atoms with E-state index in [9.17, 15) is 26.0 Å². The number of alkyl halides is 3. The van der Waals surface area contributed by atoms with Gasteiger partial charge in [0.05, 0.1) is 10.5 Å². The minimum absolute atomic E-state index is 0.0785. The maximum atomic E-state index is 13.0. The lowest BCUT2D eigenvalue weighted by atomic mass is 10.2. The molecule has 1 aromatic rings. The van der Waals surface area contributed by atoms with Crippen molar-refractivity contribution in [2.24, 2.45) is 0 Å². The van der Waals surface area contributed by atoms with Crippen molar-refractivity contribution in [3.05, 3.63) is 29.6 Å². The fraction of sp³-hybridized carbons (Fsp3) is 0.500. The Morgan fingerprint density at radius 2 is 1.90 bits per heavy atom. The molecule has 1 rings (SSSR count). The van der Waals surface area contributed by atoms with Crippen LogP contribution in [0, 0.1) is 5.82 Å². The maximum absolute atomic E-state index is 13.0. The Morgan fingerprint density at radius 1 is 1.29 bits per heavy atom. The number of benzene rings is 1. The molecule has 0 aliphatic carbocycles. The van der Waals surface area contributed by atoms with Gasteiger partial charge in [0.25, 0.3) is 0 Å². The largest absolute Gasteiger partial charge is 0.417 e. The molecule has 2 N–H and O–H groups in total. The van der Waals surface area contributed by atoms with Gasteiger partial charge in [0.15, 0.2) is 0 Å². The summed E-state index contributed by atoms with van der Waals surface area (Å²) in [6.45, 7) is 4.01. The van der Waals surface area contributed by atoms with E-state index in [1.807, 2.05) is 6.92 Å². The van der Waals surface area contributed by atoms with Crippen molar-refractivity contribution in [2.75, 3.05) is 13.1 Å². The smallest absolute Gasteiger partial charge is 0.313 e. The molecule has 0 spiro atoms. The van der Waals surface area contributed by atoms with E-state index in [2.05, 4.69) is 10.0 Å². The first-order valence-corrected chi connectivity index (χ1v) is 7.66. The third-order valence-electron chi connectivity index (χ3n) is 2.67. The average molecular weight is 328 g/mol. The van der Waals surface area contributed by atoms with Crippen molar-refractivity contribution in [2.45, 2.75) is 31.0 Å². The van der Waals surface area contributed by atoms with Crippen molar-refractivity contribution in [3.63, 3.8) is 0 Å². The van der Waals surface area contributed by atoms with Crippen LogP contribution in [-0.2, 0) is 16.2 Å². The van der Waals surface area contributed by atoms with Crippen LogP contribution in [0.1, 0.15) is 19.4 Å². The Balaban J connectivity index is 3.09. The van der Waals surface area contributed by atoms with Crippen LogP contribution in [0.5, 0.6) is 0 Å². The fourth-order valence-corrected chi connectivity index (χ4v) is 3.03. The number of hydrogen-bond donors (Lipinski definition) is 2. The molecule has 0 aliphatic rings. The van der Waals surface area contributed by atoms with Gasteiger partial charge in [0, 0.05) is 12.6 Å². The summed E-state index contributed by atoms with van der Waals surface area (Å²) in [4.78, 5) is -0.986. The van der Waals surface area contributed by atoms with Crippen LogP contribution in [0.25, 0.3) is 0 Å². The summed E-state index contributed by atoms with van der Waals surface area (Å²) in [7, 11) is -4.38. The summed E-state index contributed by atoms with van der Waals surface area (Å²) >= 11 is 0. The molecule has 21 heavy (non-hydrogen) atoms. The van der Waals surface area contributed by atoms with Gasteiger partial charge in [0.1, 0.15) is 5.82 Å². The number of sulfonamides is 1. The molecule has 4 nitrogen and oxygen atoms in total. The second-order valence-electron chi connectivity index (χ2n) is 4.45. The molecular weight excluding hydrogens is 312 g/mol. The maximum Gasteiger partial charge on any atom is 0.417 e. The monoisotopic (exact) mass is 328 g/mol. The molecule has 0 unspecified atom stereocenters. The molecule has 0 saturated carbocycles. The molecule has 0 bridgehead atoms. The molecule has 1 aromatic carbocycles. The lowest BCUT2D eigenvalue weighted by molar-refractivity contribution is -0.140. The Morgan fingerprint density at radius 3 is 2.43 bits per heavy atom. The van der Waals surface area contributed by atoms with Gasteiger partial charge in [-0.3, -0.25) is 0 Å². The molecule has 0 aliphatic heterocycles. The standard InChI is InChI=1S/C12H16F4N2O2S/c1-3-17-8(2)7-18-21(19,20)11-5-4-9(13)6-10(11)12(14,15)16/h4-6,8,17-18H,3,7H2,1-2H3/t8-/m1/s1. The molecule has 0 radical (unpaired) electrons. The lowest BCUT2D eigenvalue weighted by Gasteiger charge is -2.16. The zero-order chi connectivity index (χ0) is 16.3. The second-order valence-corrected chi connectivity index (χ2v) is 6.18. The van der Waals surface area contributed by atoms with Crippen LogP contribution in [0.4, 0.5) is 17.6 Å². The van der Waals surface area contributed by atoms with E-state index in [0.717, 1.165) is 0 Å². The molecule has 0 saturated heterocycles. The van der Waals surface area contributed by atoms with Crippen LogP contribution in [0.3, 0.4) is 0 Å². The van der Waals surface area contributed by atoms with Gasteiger partial charge in [-0.15, -0.1) is 0 Å². The highest BCUT2D eigenvalue weighted by Gasteiger charge is 2.37. The van der Waals surface area contributed by atoms with E-state index in [0.29, 0.717) is 18.7 Å². The first-order valence-electron chi connectivity index (χ1n) is 6.17. The predicted octanol–water partition coefficient (Wildman–Crippen LogP) is 2.12. The van der Waals surface area contributed by atoms with Crippen molar-refractivity contribution in [1.82, 2.24) is 10.0 Å². The van der Waals surface area contributed by atoms with Crippen molar-refractivity contribution >= 4 is 10.0 Å². The van der Waals surface area contributed by atoms with E-state index in [-0.39, 0.29) is 18.7 Å². The summed E-state index contributed by atoms with van der Waals surface area (Å²) in [5.41, 5.74) is -1.52. The number of rotatable bonds is 6. The molecule has 9 heteroatoms. The first kappa shape index (κ1) is 17.9. The van der Waals surface area contributed by atoms with E-state index in [1.54, 1.807) is 6.92 Å². The molecule has 0 amide bonds. The van der Waals surface area contributed by atoms with Gasteiger partial charge in [-0.1, -0.05) is 6.92 Å². The predicted molar refractivity (Wildman–Crippen MR) is 69.7 cm³/mol. The quantitative estimate of drug-likeness (QED) is 0.787. The van der Waals surface area contributed by atoms with Gasteiger partial charge < -0.3 is 5.32 Å². The Labute approximate surface area is 120 Å². The normalized spacial score (nSPS) is 14.2. The van der Waals surface area contributed by atoms with Gasteiger partial charge in [-0.05, 0) is 31.7 Å². The van der Waals surface area contributed by atoms with Gasteiger partial charge in [0.2, 0.25) is 10.0 Å². The molecule has 0 aromatic heterocycles. The van der Waals surface area contributed by atoms with Gasteiger partial charge in [-0.2, -0.15) is 13.2 Å². The fourth-order valence-electron chi connectivity index (χ4n) is 1.69. The molecule has 120 valence electrons. The minimum atomic E-state index is -4.96. The van der Waals surface area contributed by atoms with Crippen LogP contribution in [-0.4, -0.2) is 27.5 Å². The Kier molecular flexibility index (Phi) is 5.71. The van der Waals surface area contributed by atoms with Crippen molar-refractivity contribution in [1.29, 1.82) is 0 Å². The van der Waals surface area contributed by atoms with Crippen molar-refractivity contribution in [3.8, 4) is 0 Å². The van der Waals surface area contributed by atoms with E-state index in [4.69, 9.17) is 0 Å². The summed E-state index contributed by atoms with van der Waals surface area (Å²) in [5, 5.41) is 2.91. The molecule has 0 heterocycles. The zero-order valence-electron chi connectivity index (χ0n) is 11.5. The third kappa shape index (κ3) is 4.94. The second kappa shape index (κ2) is 6.71. The van der Waals surface area contributed by atoms with E-state index in [1.165, 1.54) is 0 Å². The van der Waals surface area contributed by atoms with Crippen LogP contribution < -0.4 is 10.0 Å². The SMILES string of the molecule is CCN[C@H](C)CNS(=O)(=O)c1ccc(F)cc1C(F)(F)F. The third-order valence-corrected chi connectivity index (χ3v) is 4.15. The van der Waals surface area contributed by atoms with E-state index < -0.39 is 32.5 Å². The molecular formula is C12H16F4N2O2S. The number of hydrogen-bond acceptors (Lipinski definition) is 3. The minimum Gasteiger partial charge on any atom is -0.313 e. The van der Waals surface area contributed by atoms with Gasteiger partial charge in [-0.25, -0.2) is 17.5 Å². The highest BCUT2D eigenvalue weighted by atomic mass is 32.2. The van der Waals surface area contributed by atoms with Crippen LogP contribution in [0.15, 0.2) is 23.1 Å². The Hall–Kier alpha value is -1.19. The summed E-state index contributed by atoms with van der Waals surface area (Å²) in [6.07, 6.45) is -4.96.